The zero-order chi connectivity index (χ0) is 82.7. The highest BCUT2D eigenvalue weighted by molar-refractivity contribution is 6.05. The van der Waals surface area contributed by atoms with E-state index in [0.717, 1.165) is 59.1 Å². The quantitative estimate of drug-likeness (QED) is 0.118. The fraction of sp³-hybridized carbons (Fsp3) is 0.485. The first-order chi connectivity index (χ1) is 54.3. The lowest BCUT2D eigenvalue weighted by atomic mass is 9.93. The average Bonchev–Trinajstić information content (AvgIpc) is 1.65. The summed E-state index contributed by atoms with van der Waals surface area (Å²) >= 11 is 0. The number of allylic oxidation sites excluding steroid dienone is 3. The number of H-pyrrole nitrogens is 2. The molecule has 114 heavy (non-hydrogen) atoms. The highest BCUT2D eigenvalue weighted by Crippen LogP contribution is 2.46. The van der Waals surface area contributed by atoms with Crippen LogP contribution in [0.25, 0.3) is 43.9 Å². The molecule has 0 spiro atoms. The van der Waals surface area contributed by atoms with Crippen molar-refractivity contribution in [1.82, 2.24) is 49.3 Å². The van der Waals surface area contributed by atoms with Gasteiger partial charge >= 0.3 is 0 Å². The fourth-order valence-electron chi connectivity index (χ4n) is 16.9. The van der Waals surface area contributed by atoms with E-state index < -0.39 is 0 Å². The molecule has 0 radical (unpaired) electrons. The van der Waals surface area contributed by atoms with Crippen LogP contribution in [0.1, 0.15) is 339 Å². The van der Waals surface area contributed by atoms with Gasteiger partial charge in [-0.15, -0.1) is 0 Å². The van der Waals surface area contributed by atoms with E-state index in [-0.39, 0.29) is 5.82 Å². The summed E-state index contributed by atoms with van der Waals surface area (Å²) in [6.45, 7) is 53.9. The van der Waals surface area contributed by atoms with Gasteiger partial charge in [-0.05, 0) is 257 Å². The van der Waals surface area contributed by atoms with Crippen LogP contribution in [-0.4, -0.2) is 61.6 Å². The van der Waals surface area contributed by atoms with Crippen LogP contribution in [-0.2, 0) is 20.5 Å². The number of furan rings is 1. The Balaban J connectivity index is 0.000000136. The zero-order valence-corrected chi connectivity index (χ0v) is 74.2. The molecule has 6 aliphatic rings. The summed E-state index contributed by atoms with van der Waals surface area (Å²) in [5.41, 5.74) is 32.2. The number of benzene rings is 4. The number of aromatic amines is 2. The molecule has 18 rings (SSSR count). The molecular weight excluding hydrogens is 1400 g/mol. The number of hydrogen-bond donors (Lipinski definition) is 2. The van der Waals surface area contributed by atoms with Crippen molar-refractivity contribution < 1.29 is 8.81 Å². The van der Waals surface area contributed by atoms with Crippen LogP contribution in [0.3, 0.4) is 0 Å². The minimum Gasteiger partial charge on any atom is -0.461 e. The first kappa shape index (κ1) is 87.2. The lowest BCUT2D eigenvalue weighted by molar-refractivity contribution is 0.568. The number of nitrogens with one attached hydrogen (secondary N) is 2. The second-order valence-electron chi connectivity index (χ2n) is 35.6. The fourth-order valence-corrected chi connectivity index (χ4v) is 16.9. The van der Waals surface area contributed by atoms with Crippen molar-refractivity contribution in [3.63, 3.8) is 0 Å². The van der Waals surface area contributed by atoms with E-state index in [0.29, 0.717) is 53.3 Å². The standard InChI is InChI=1S/C13H15F.C12H13N.C12H14O.2C11H18N2.C11H17N.C11H13N.C10H16N2.C10H12N2/c1-8(2)13-9(3)6-10-7-11(14)4-5-12(10)13;1-9(2)10-7-8-13-12-6-4-3-5-11(10)12;1-8(2)12-9(3)13-11-7-5-4-6-10(11)12;2*1-7(2)10-8(3)13(4)12-11(10)9-5-6-9;1-7(2)10-8(3)6-12-11(10)9-4-5-9;1-8(2)10-7-12-11-6-4-3-5-9(10)11;1-6(2)9-7(3)11-12-10(9)8-4-5-8;1-8(2)9-7-11-12-6-4-3-5-10(9)12/h4-5,7-8H,6H2,1-3H3;3-9H,1-2H3;4-8H,1-3H3;2*7,9H,5-6H2,1-4H3;7,9H,4-6H2,1-3H3;3-8,12H,1-2H3;6,8H,4-5H2,1-3H3,(H,11,12);3-8H,1-2H3. The number of aliphatic imine (C=N–C) groups is 1. The van der Waals surface area contributed by atoms with Crippen molar-refractivity contribution in [3.05, 3.63) is 253 Å². The molecule has 0 unspecified atom stereocenters. The first-order valence-electron chi connectivity index (χ1n) is 42.9. The molecule has 2 N–H and O–H groups in total. The highest BCUT2D eigenvalue weighted by Gasteiger charge is 2.35. The van der Waals surface area contributed by atoms with Gasteiger partial charge in [0.1, 0.15) is 17.2 Å². The van der Waals surface area contributed by atoms with Gasteiger partial charge in [-0.1, -0.05) is 197 Å². The SMILES string of the molecule is CC(C)c1c[nH]c2ccccc12.CC(C)c1ccnc2ccccc12.CC(C)c1cnn2ccccc12.CC1=C(C(C)C)C(C2CC2)=NC1.CC1=C(C(C)C)c2ccc(F)cc2C1.Cc1[nH]nc(C2CC2)c1C(C)C.Cc1c(C(C)C)c(C2CC2)nn1C.Cc1c(C(C)C)c(C2CC2)nn1C.Cc1oc2ccccc2c1C(C)C. The van der Waals surface area contributed by atoms with Gasteiger partial charge in [0.15, 0.2) is 0 Å². The molecule has 8 aromatic heterocycles. The molecule has 0 saturated heterocycles. The molecule has 0 bridgehead atoms. The summed E-state index contributed by atoms with van der Waals surface area (Å²) in [5, 5.41) is 24.8. The van der Waals surface area contributed by atoms with Crippen LogP contribution in [0.5, 0.6) is 0 Å². The first-order valence-corrected chi connectivity index (χ1v) is 42.9. The maximum Gasteiger partial charge on any atom is 0.134 e. The molecule has 0 amide bonds. The molecule has 4 saturated carbocycles. The third kappa shape index (κ3) is 21.6. The van der Waals surface area contributed by atoms with Gasteiger partial charge < -0.3 is 9.40 Å². The predicted octanol–water partition coefficient (Wildman–Crippen LogP) is 27.8. The van der Waals surface area contributed by atoms with E-state index in [2.05, 4.69) is 273 Å². The number of rotatable bonds is 13. The summed E-state index contributed by atoms with van der Waals surface area (Å²) in [6, 6.07) is 38.3. The van der Waals surface area contributed by atoms with Crippen LogP contribution in [0.15, 0.2) is 166 Å². The van der Waals surface area contributed by atoms with E-state index in [4.69, 9.17) is 4.42 Å². The molecule has 13 heteroatoms. The summed E-state index contributed by atoms with van der Waals surface area (Å²) in [4.78, 5) is 12.2. The van der Waals surface area contributed by atoms with Gasteiger partial charge in [0, 0.05) is 112 Å². The van der Waals surface area contributed by atoms with E-state index in [1.54, 1.807) is 17.7 Å². The summed E-state index contributed by atoms with van der Waals surface area (Å²) in [6.07, 6.45) is 19.6. The number of aryl methyl sites for hydroxylation is 4. The van der Waals surface area contributed by atoms with Crippen LogP contribution < -0.4 is 0 Å². The molecule has 608 valence electrons. The number of para-hydroxylation sites is 3. The topological polar surface area (TPSA) is 136 Å². The Morgan fingerprint density at radius 2 is 0.991 bits per heavy atom. The highest BCUT2D eigenvalue weighted by atomic mass is 19.1. The van der Waals surface area contributed by atoms with Crippen molar-refractivity contribution in [3.8, 4) is 0 Å². The van der Waals surface area contributed by atoms with Gasteiger partial charge in [0.2, 0.25) is 0 Å². The largest absolute Gasteiger partial charge is 0.461 e. The number of nitrogens with zero attached hydrogens (tertiary/aromatic N) is 9. The van der Waals surface area contributed by atoms with Gasteiger partial charge in [0.25, 0.3) is 0 Å². The smallest absolute Gasteiger partial charge is 0.134 e. The normalized spacial score (nSPS) is 15.0. The number of pyridine rings is 2. The third-order valence-corrected chi connectivity index (χ3v) is 23.1. The lowest BCUT2D eigenvalue weighted by Gasteiger charge is -2.10. The Labute approximate surface area is 682 Å². The Hall–Kier alpha value is -9.23. The Morgan fingerprint density at radius 3 is 1.54 bits per heavy atom. The van der Waals surface area contributed by atoms with Gasteiger partial charge in [0.05, 0.1) is 40.9 Å². The second-order valence-corrected chi connectivity index (χ2v) is 35.6. The predicted molar refractivity (Wildman–Crippen MR) is 480 cm³/mol. The maximum absolute atomic E-state index is 13.0. The molecule has 4 aromatic carbocycles. The number of aromatic nitrogens is 10. The summed E-state index contributed by atoms with van der Waals surface area (Å²) < 4.78 is 24.6. The van der Waals surface area contributed by atoms with Gasteiger partial charge in [-0.2, -0.15) is 20.4 Å². The summed E-state index contributed by atoms with van der Waals surface area (Å²) in [7, 11) is 4.10. The number of hydrogen-bond acceptors (Lipinski definition) is 7. The molecule has 5 aliphatic carbocycles. The van der Waals surface area contributed by atoms with Gasteiger partial charge in [-0.25, -0.2) is 8.91 Å². The van der Waals surface area contributed by atoms with Crippen molar-refractivity contribution in [2.75, 3.05) is 6.54 Å². The molecule has 12 aromatic rings. The minimum absolute atomic E-state index is 0.124. The Kier molecular flexibility index (Phi) is 29.8. The second kappa shape index (κ2) is 38.9. The van der Waals surface area contributed by atoms with E-state index in [1.165, 1.54) is 180 Å². The summed E-state index contributed by atoms with van der Waals surface area (Å²) in [5.74, 6) is 9.36. The van der Waals surface area contributed by atoms with Crippen LogP contribution in [0.2, 0.25) is 0 Å². The van der Waals surface area contributed by atoms with Crippen LogP contribution in [0.4, 0.5) is 4.39 Å². The van der Waals surface area contributed by atoms with Crippen molar-refractivity contribution in [2.24, 2.45) is 36.8 Å². The molecular formula is C101H136FN11O. The van der Waals surface area contributed by atoms with E-state index in [9.17, 15) is 4.39 Å². The lowest BCUT2D eigenvalue weighted by Crippen LogP contribution is -2.08. The molecule has 1 aliphatic heterocycles. The van der Waals surface area contributed by atoms with Crippen molar-refractivity contribution in [1.29, 1.82) is 0 Å². The van der Waals surface area contributed by atoms with Gasteiger partial charge in [-0.3, -0.25) is 24.4 Å². The Morgan fingerprint density at radius 1 is 0.474 bits per heavy atom. The molecule has 4 fully saturated rings. The minimum atomic E-state index is -0.124. The van der Waals surface area contributed by atoms with Crippen molar-refractivity contribution in [2.45, 2.75) is 283 Å². The molecule has 0 atom stereocenters. The molecule has 9 heterocycles. The Bertz CT molecular complexity index is 5110. The van der Waals surface area contributed by atoms with Crippen molar-refractivity contribution >= 4 is 49.6 Å². The third-order valence-electron chi connectivity index (χ3n) is 23.1. The zero-order valence-electron chi connectivity index (χ0n) is 74.2. The van der Waals surface area contributed by atoms with E-state index in [1.807, 2.05) is 89.9 Å². The number of fused-ring (bicyclic) bond motifs is 5. The monoisotopic (exact) mass is 1540 g/mol. The van der Waals surface area contributed by atoms with Crippen LogP contribution >= 0.6 is 0 Å². The van der Waals surface area contributed by atoms with Crippen LogP contribution in [0, 0.1) is 51.3 Å². The molecule has 12 nitrogen and oxygen atoms in total. The number of halogens is 1. The van der Waals surface area contributed by atoms with E-state index >= 15 is 0 Å². The average molecular weight is 1540 g/mol. The maximum atomic E-state index is 13.0.